The normalized spacial score (nSPS) is 23.5. The van der Waals surface area contributed by atoms with Crippen molar-refractivity contribution in [2.45, 2.75) is 38.0 Å². The Morgan fingerprint density at radius 2 is 1.61 bits per heavy atom. The van der Waals surface area contributed by atoms with Gasteiger partial charge in [-0.1, -0.05) is 43.1 Å². The van der Waals surface area contributed by atoms with Crippen LogP contribution in [-0.4, -0.2) is 62.3 Å². The molecule has 31 heavy (non-hydrogen) atoms. The highest BCUT2D eigenvalue weighted by molar-refractivity contribution is 7.89. The minimum Gasteiger partial charge on any atom is -0.455 e. The Hall–Kier alpha value is -1.35. The lowest BCUT2D eigenvalue weighted by Gasteiger charge is -2.35. The van der Waals surface area contributed by atoms with Gasteiger partial charge in [-0.2, -0.15) is 4.31 Å². The Morgan fingerprint density at radius 1 is 1.06 bits per heavy atom. The number of halogens is 2. The van der Waals surface area contributed by atoms with Gasteiger partial charge in [0.15, 0.2) is 6.61 Å². The summed E-state index contributed by atoms with van der Waals surface area (Å²) in [7, 11) is -3.87. The van der Waals surface area contributed by atoms with Crippen molar-refractivity contribution < 1.29 is 22.7 Å². The van der Waals surface area contributed by atoms with Crippen molar-refractivity contribution in [1.29, 1.82) is 0 Å². The van der Waals surface area contributed by atoms with Gasteiger partial charge in [-0.15, -0.1) is 0 Å². The summed E-state index contributed by atoms with van der Waals surface area (Å²) < 4.78 is 32.4. The van der Waals surface area contributed by atoms with Gasteiger partial charge in [-0.25, -0.2) is 8.42 Å². The molecule has 2 atom stereocenters. The van der Waals surface area contributed by atoms with Gasteiger partial charge in [0.25, 0.3) is 5.91 Å². The lowest BCUT2D eigenvalue weighted by atomic mass is 9.92. The highest BCUT2D eigenvalue weighted by atomic mass is 35.5. The van der Waals surface area contributed by atoms with Crippen LogP contribution in [0.2, 0.25) is 10.0 Å². The van der Waals surface area contributed by atoms with Crippen LogP contribution in [0.15, 0.2) is 23.1 Å². The Morgan fingerprint density at radius 3 is 2.16 bits per heavy atom. The van der Waals surface area contributed by atoms with Crippen LogP contribution < -0.4 is 0 Å². The molecule has 3 rings (SSSR count). The quantitative estimate of drug-likeness (QED) is 0.590. The number of carbonyl (C=O) groups excluding carboxylic acids is 2. The fourth-order valence-electron chi connectivity index (χ4n) is 4.40. The minimum atomic E-state index is -3.87. The molecule has 2 fully saturated rings. The summed E-state index contributed by atoms with van der Waals surface area (Å²) in [4.78, 5) is 26.5. The zero-order valence-electron chi connectivity index (χ0n) is 17.7. The fourth-order valence-corrected chi connectivity index (χ4v) is 6.96. The number of hydrogen-bond acceptors (Lipinski definition) is 5. The van der Waals surface area contributed by atoms with Gasteiger partial charge in [0.2, 0.25) is 10.0 Å². The van der Waals surface area contributed by atoms with E-state index in [2.05, 4.69) is 13.8 Å². The lowest BCUT2D eigenvalue weighted by Crippen LogP contribution is -2.45. The largest absolute Gasteiger partial charge is 0.455 e. The molecule has 0 N–H and O–H groups in total. The van der Waals surface area contributed by atoms with Crippen LogP contribution >= 0.6 is 23.2 Å². The molecule has 2 heterocycles. The van der Waals surface area contributed by atoms with Crippen molar-refractivity contribution >= 4 is 45.1 Å². The van der Waals surface area contributed by atoms with Crippen molar-refractivity contribution in [3.05, 3.63) is 28.2 Å². The second kappa shape index (κ2) is 10.1. The van der Waals surface area contributed by atoms with Crippen molar-refractivity contribution in [3.8, 4) is 0 Å². The Balaban J connectivity index is 1.52. The number of nitrogens with zero attached hydrogens (tertiary/aromatic N) is 2. The molecule has 0 aliphatic carbocycles. The second-order valence-electron chi connectivity index (χ2n) is 8.58. The van der Waals surface area contributed by atoms with Crippen LogP contribution in [0.25, 0.3) is 0 Å². The number of sulfonamides is 1. The molecule has 0 saturated carbocycles. The number of likely N-dealkylation sites (tertiary alicyclic amines) is 1. The molecule has 0 spiro atoms. The van der Waals surface area contributed by atoms with E-state index in [9.17, 15) is 18.0 Å². The first kappa shape index (κ1) is 24.3. The number of carbonyl (C=O) groups is 2. The summed E-state index contributed by atoms with van der Waals surface area (Å²) in [6.07, 6.45) is 1.71. The van der Waals surface area contributed by atoms with Crippen molar-refractivity contribution in [3.63, 3.8) is 0 Å². The number of hydrogen-bond donors (Lipinski definition) is 0. The van der Waals surface area contributed by atoms with E-state index in [0.29, 0.717) is 37.8 Å². The third-order valence-corrected chi connectivity index (χ3v) is 8.72. The smallest absolute Gasteiger partial charge is 0.309 e. The number of piperidine rings is 2. The van der Waals surface area contributed by atoms with Crippen LogP contribution in [-0.2, 0) is 24.3 Å². The van der Waals surface area contributed by atoms with Gasteiger partial charge in [-0.3, -0.25) is 9.59 Å². The molecular weight excluding hydrogens is 463 g/mol. The zero-order valence-corrected chi connectivity index (χ0v) is 20.0. The molecule has 0 radical (unpaired) electrons. The summed E-state index contributed by atoms with van der Waals surface area (Å²) in [6, 6.07) is 4.54. The van der Waals surface area contributed by atoms with E-state index >= 15 is 0 Å². The van der Waals surface area contributed by atoms with Crippen molar-refractivity contribution in [1.82, 2.24) is 9.21 Å². The molecular formula is C21H28Cl2N2O5S. The number of amides is 1. The third-order valence-electron chi connectivity index (χ3n) is 5.86. The number of esters is 1. The molecule has 0 aromatic heterocycles. The molecule has 7 nitrogen and oxygen atoms in total. The van der Waals surface area contributed by atoms with Crippen molar-refractivity contribution in [2.75, 3.05) is 32.8 Å². The zero-order chi connectivity index (χ0) is 22.8. The maximum Gasteiger partial charge on any atom is 0.309 e. The van der Waals surface area contributed by atoms with E-state index < -0.39 is 21.9 Å². The van der Waals surface area contributed by atoms with Gasteiger partial charge in [0.05, 0.1) is 16.0 Å². The van der Waals surface area contributed by atoms with Gasteiger partial charge >= 0.3 is 5.97 Å². The first-order valence-electron chi connectivity index (χ1n) is 10.5. The SMILES string of the molecule is C[C@H]1C[C@H](C)CN(C(=O)COC(=O)C2CCN(S(=O)(=O)c3c(Cl)cccc3Cl)CC2)C1. The van der Waals surface area contributed by atoms with Crippen LogP contribution in [0.1, 0.15) is 33.1 Å². The number of benzene rings is 1. The van der Waals surface area contributed by atoms with Crippen LogP contribution in [0.5, 0.6) is 0 Å². The maximum atomic E-state index is 12.9. The van der Waals surface area contributed by atoms with Crippen LogP contribution in [0.3, 0.4) is 0 Å². The average Bonchev–Trinajstić information content (AvgIpc) is 2.71. The minimum absolute atomic E-state index is 0.0638. The molecule has 2 aliphatic rings. The molecule has 2 aliphatic heterocycles. The summed E-state index contributed by atoms with van der Waals surface area (Å²) in [6.45, 7) is 5.62. The van der Waals surface area contributed by atoms with Gasteiger partial charge in [-0.05, 0) is 43.2 Å². The predicted octanol–water partition coefficient (Wildman–Crippen LogP) is 3.44. The van der Waals surface area contributed by atoms with Gasteiger partial charge in [0, 0.05) is 26.2 Å². The molecule has 0 bridgehead atoms. The Bertz CT molecular complexity index is 901. The van der Waals surface area contributed by atoms with Crippen molar-refractivity contribution in [2.24, 2.45) is 17.8 Å². The molecule has 172 valence electrons. The summed E-state index contributed by atoms with van der Waals surface area (Å²) in [5.74, 6) is -0.220. The number of ether oxygens (including phenoxy) is 1. The van der Waals surface area contributed by atoms with E-state index in [1.165, 1.54) is 16.4 Å². The number of rotatable bonds is 5. The third kappa shape index (κ3) is 5.72. The molecule has 0 unspecified atom stereocenters. The van der Waals surface area contributed by atoms with E-state index in [1.54, 1.807) is 11.0 Å². The summed E-state index contributed by atoms with van der Waals surface area (Å²) in [5.41, 5.74) is 0. The highest BCUT2D eigenvalue weighted by Crippen LogP contribution is 2.33. The maximum absolute atomic E-state index is 12.9. The topological polar surface area (TPSA) is 84.0 Å². The van der Waals surface area contributed by atoms with E-state index in [-0.39, 0.29) is 40.5 Å². The lowest BCUT2D eigenvalue weighted by molar-refractivity contribution is -0.157. The fraction of sp³-hybridized carbons (Fsp3) is 0.619. The second-order valence-corrected chi connectivity index (χ2v) is 11.3. The molecule has 1 aromatic carbocycles. The average molecular weight is 491 g/mol. The molecule has 2 saturated heterocycles. The summed E-state index contributed by atoms with van der Waals surface area (Å²) in [5, 5.41) is 0.128. The van der Waals surface area contributed by atoms with E-state index in [4.69, 9.17) is 27.9 Å². The molecule has 1 aromatic rings. The Labute approximate surface area is 193 Å². The van der Waals surface area contributed by atoms with Crippen LogP contribution in [0.4, 0.5) is 0 Å². The van der Waals surface area contributed by atoms with Gasteiger partial charge < -0.3 is 9.64 Å². The Kier molecular flexibility index (Phi) is 7.89. The predicted molar refractivity (Wildman–Crippen MR) is 118 cm³/mol. The monoisotopic (exact) mass is 490 g/mol. The van der Waals surface area contributed by atoms with E-state index in [1.807, 2.05) is 0 Å². The summed E-state index contributed by atoms with van der Waals surface area (Å²) >= 11 is 12.1. The molecule has 10 heteroatoms. The van der Waals surface area contributed by atoms with E-state index in [0.717, 1.165) is 6.42 Å². The van der Waals surface area contributed by atoms with Gasteiger partial charge in [0.1, 0.15) is 4.90 Å². The molecule has 1 amide bonds. The highest BCUT2D eigenvalue weighted by Gasteiger charge is 2.35. The standard InChI is InChI=1S/C21H28Cl2N2O5S/c1-14-10-15(2)12-24(11-14)19(26)13-30-21(27)16-6-8-25(9-7-16)31(28,29)20-17(22)4-3-5-18(20)23/h3-5,14-16H,6-13H2,1-2H3/t14-,15-/m0/s1. The first-order chi connectivity index (χ1) is 14.6. The van der Waals surface area contributed by atoms with Crippen LogP contribution in [0, 0.1) is 17.8 Å². The first-order valence-corrected chi connectivity index (χ1v) is 12.7.